The third kappa shape index (κ3) is 3.72. The molecule has 1 atom stereocenters. The van der Waals surface area contributed by atoms with E-state index >= 15 is 0 Å². The lowest BCUT2D eigenvalue weighted by Gasteiger charge is -2.05. The zero-order valence-corrected chi connectivity index (χ0v) is 9.19. The fraction of sp³-hybridized carbons (Fsp3) is 0.417. The Hall–Kier alpha value is -1.35. The quantitative estimate of drug-likeness (QED) is 0.796. The van der Waals surface area contributed by atoms with Crippen molar-refractivity contribution in [3.8, 4) is 5.75 Å². The van der Waals surface area contributed by atoms with Gasteiger partial charge in [-0.1, -0.05) is 12.1 Å². The number of Topliss-reactive ketones (excluding diaryl/α,β-unsaturated/α-hetero) is 1. The van der Waals surface area contributed by atoms with Gasteiger partial charge in [0.1, 0.15) is 11.5 Å². The Labute approximate surface area is 90.2 Å². The summed E-state index contributed by atoms with van der Waals surface area (Å²) in [5, 5.41) is 0. The molecule has 82 valence electrons. The molecule has 0 fully saturated rings. The smallest absolute Gasteiger partial charge is 0.149 e. The van der Waals surface area contributed by atoms with Crippen molar-refractivity contribution in [2.24, 2.45) is 5.73 Å². The van der Waals surface area contributed by atoms with Crippen molar-refractivity contribution in [3.63, 3.8) is 0 Å². The fourth-order valence-corrected chi connectivity index (χ4v) is 1.29. The maximum Gasteiger partial charge on any atom is 0.149 e. The Balaban J connectivity index is 2.47. The number of ketones is 1. The third-order valence-electron chi connectivity index (χ3n) is 2.33. The molecule has 0 amide bonds. The first-order valence-electron chi connectivity index (χ1n) is 5.04. The molecular weight excluding hydrogens is 190 g/mol. The summed E-state index contributed by atoms with van der Waals surface area (Å²) in [7, 11) is 1.63. The summed E-state index contributed by atoms with van der Waals surface area (Å²) in [4.78, 5) is 11.3. The molecule has 0 heterocycles. The van der Waals surface area contributed by atoms with Gasteiger partial charge >= 0.3 is 0 Å². The molecule has 0 aromatic heterocycles. The molecular formula is C12H17NO2. The summed E-state index contributed by atoms with van der Waals surface area (Å²) in [6.45, 7) is 1.72. The van der Waals surface area contributed by atoms with E-state index in [1.54, 1.807) is 14.0 Å². The standard InChI is InChI=1S/C12H17NO2/c1-9(13)12(14)8-5-10-3-6-11(15-2)7-4-10/h3-4,6-7,9H,5,8,13H2,1-2H3. The van der Waals surface area contributed by atoms with Crippen LogP contribution in [0.2, 0.25) is 0 Å². The van der Waals surface area contributed by atoms with Crippen LogP contribution in [0.4, 0.5) is 0 Å². The van der Waals surface area contributed by atoms with E-state index in [0.717, 1.165) is 17.7 Å². The summed E-state index contributed by atoms with van der Waals surface area (Å²) in [5.41, 5.74) is 6.61. The number of nitrogens with two attached hydrogens (primary N) is 1. The van der Waals surface area contributed by atoms with Gasteiger partial charge < -0.3 is 10.5 Å². The SMILES string of the molecule is COc1ccc(CCC(=O)C(C)N)cc1. The molecule has 3 heteroatoms. The fourth-order valence-electron chi connectivity index (χ4n) is 1.29. The predicted octanol–water partition coefficient (Wildman–Crippen LogP) is 1.54. The minimum absolute atomic E-state index is 0.103. The van der Waals surface area contributed by atoms with Crippen LogP contribution < -0.4 is 10.5 Å². The summed E-state index contributed by atoms with van der Waals surface area (Å²) in [5.74, 6) is 0.933. The molecule has 0 aliphatic heterocycles. The van der Waals surface area contributed by atoms with Crippen molar-refractivity contribution in [2.75, 3.05) is 7.11 Å². The molecule has 0 aliphatic rings. The first kappa shape index (κ1) is 11.7. The summed E-state index contributed by atoms with van der Waals surface area (Å²) in [6.07, 6.45) is 1.24. The Morgan fingerprint density at radius 3 is 2.47 bits per heavy atom. The topological polar surface area (TPSA) is 52.3 Å². The number of hydrogen-bond donors (Lipinski definition) is 1. The van der Waals surface area contributed by atoms with E-state index in [1.165, 1.54) is 0 Å². The van der Waals surface area contributed by atoms with Crippen LogP contribution in [-0.2, 0) is 11.2 Å². The number of benzene rings is 1. The van der Waals surface area contributed by atoms with Crippen molar-refractivity contribution in [1.29, 1.82) is 0 Å². The monoisotopic (exact) mass is 207 g/mol. The van der Waals surface area contributed by atoms with Gasteiger partial charge in [-0.05, 0) is 31.0 Å². The second kappa shape index (κ2) is 5.51. The van der Waals surface area contributed by atoms with Gasteiger partial charge in [0.05, 0.1) is 13.2 Å². The van der Waals surface area contributed by atoms with E-state index in [1.807, 2.05) is 24.3 Å². The summed E-state index contributed by atoms with van der Waals surface area (Å²) < 4.78 is 5.05. The second-order valence-electron chi connectivity index (χ2n) is 3.60. The van der Waals surface area contributed by atoms with Gasteiger partial charge in [0.15, 0.2) is 0 Å². The first-order valence-corrected chi connectivity index (χ1v) is 5.04. The maximum atomic E-state index is 11.3. The summed E-state index contributed by atoms with van der Waals surface area (Å²) >= 11 is 0. The minimum atomic E-state index is -0.358. The molecule has 0 bridgehead atoms. The van der Waals surface area contributed by atoms with Crippen LogP contribution >= 0.6 is 0 Å². The van der Waals surface area contributed by atoms with E-state index in [0.29, 0.717) is 6.42 Å². The highest BCUT2D eigenvalue weighted by Gasteiger charge is 2.07. The van der Waals surface area contributed by atoms with E-state index in [-0.39, 0.29) is 11.8 Å². The van der Waals surface area contributed by atoms with Gasteiger partial charge in [-0.15, -0.1) is 0 Å². The highest BCUT2D eigenvalue weighted by atomic mass is 16.5. The van der Waals surface area contributed by atoms with Crippen molar-refractivity contribution >= 4 is 5.78 Å². The lowest BCUT2D eigenvalue weighted by molar-refractivity contribution is -0.119. The predicted molar refractivity (Wildman–Crippen MR) is 60.0 cm³/mol. The molecule has 0 saturated heterocycles. The van der Waals surface area contributed by atoms with E-state index in [2.05, 4.69) is 0 Å². The van der Waals surface area contributed by atoms with Crippen LogP contribution in [0.5, 0.6) is 5.75 Å². The zero-order valence-electron chi connectivity index (χ0n) is 9.19. The number of carbonyl (C=O) groups excluding carboxylic acids is 1. The molecule has 0 spiro atoms. The third-order valence-corrected chi connectivity index (χ3v) is 2.33. The van der Waals surface area contributed by atoms with Gasteiger partial charge in [0.25, 0.3) is 0 Å². The minimum Gasteiger partial charge on any atom is -0.497 e. The number of hydrogen-bond acceptors (Lipinski definition) is 3. The molecule has 0 aliphatic carbocycles. The average Bonchev–Trinajstić information content (AvgIpc) is 2.26. The molecule has 15 heavy (non-hydrogen) atoms. The zero-order chi connectivity index (χ0) is 11.3. The summed E-state index contributed by atoms with van der Waals surface area (Å²) in [6, 6.07) is 7.36. The Kier molecular flexibility index (Phi) is 4.31. The van der Waals surface area contributed by atoms with Gasteiger partial charge in [-0.3, -0.25) is 4.79 Å². The van der Waals surface area contributed by atoms with Crippen molar-refractivity contribution in [2.45, 2.75) is 25.8 Å². The highest BCUT2D eigenvalue weighted by molar-refractivity contribution is 5.83. The molecule has 0 saturated carbocycles. The molecule has 1 aromatic carbocycles. The molecule has 1 aromatic rings. The van der Waals surface area contributed by atoms with Crippen LogP contribution in [0.1, 0.15) is 18.9 Å². The van der Waals surface area contributed by atoms with Crippen molar-refractivity contribution in [3.05, 3.63) is 29.8 Å². The average molecular weight is 207 g/mol. The highest BCUT2D eigenvalue weighted by Crippen LogP contribution is 2.12. The lowest BCUT2D eigenvalue weighted by Crippen LogP contribution is -2.26. The van der Waals surface area contributed by atoms with Crippen molar-refractivity contribution < 1.29 is 9.53 Å². The van der Waals surface area contributed by atoms with Crippen LogP contribution in [0.3, 0.4) is 0 Å². The van der Waals surface area contributed by atoms with Gasteiger partial charge in [0, 0.05) is 6.42 Å². The van der Waals surface area contributed by atoms with E-state index in [9.17, 15) is 4.79 Å². The van der Waals surface area contributed by atoms with Crippen LogP contribution in [0.25, 0.3) is 0 Å². The largest absolute Gasteiger partial charge is 0.497 e. The first-order chi connectivity index (χ1) is 7.13. The van der Waals surface area contributed by atoms with Crippen LogP contribution in [0, 0.1) is 0 Å². The van der Waals surface area contributed by atoms with E-state index < -0.39 is 0 Å². The number of methoxy groups -OCH3 is 1. The lowest BCUT2D eigenvalue weighted by atomic mass is 10.0. The second-order valence-corrected chi connectivity index (χ2v) is 3.60. The molecule has 0 radical (unpaired) electrons. The Morgan fingerprint density at radius 2 is 2.00 bits per heavy atom. The number of ether oxygens (including phenoxy) is 1. The molecule has 1 unspecified atom stereocenters. The number of aryl methyl sites for hydroxylation is 1. The van der Waals surface area contributed by atoms with Gasteiger partial charge in [-0.25, -0.2) is 0 Å². The van der Waals surface area contributed by atoms with Gasteiger partial charge in [-0.2, -0.15) is 0 Å². The number of carbonyl (C=O) groups is 1. The van der Waals surface area contributed by atoms with E-state index in [4.69, 9.17) is 10.5 Å². The molecule has 1 rings (SSSR count). The van der Waals surface area contributed by atoms with Crippen LogP contribution in [0.15, 0.2) is 24.3 Å². The number of rotatable bonds is 5. The normalized spacial score (nSPS) is 12.2. The Bertz CT molecular complexity index is 317. The molecule has 2 N–H and O–H groups in total. The maximum absolute atomic E-state index is 11.3. The molecule has 3 nitrogen and oxygen atoms in total. The van der Waals surface area contributed by atoms with Crippen LogP contribution in [-0.4, -0.2) is 18.9 Å². The Morgan fingerprint density at radius 1 is 1.40 bits per heavy atom. The van der Waals surface area contributed by atoms with Crippen molar-refractivity contribution in [1.82, 2.24) is 0 Å². The van der Waals surface area contributed by atoms with Gasteiger partial charge in [0.2, 0.25) is 0 Å².